The number of amides is 1. The maximum absolute atomic E-state index is 13.8. The molecule has 0 fully saturated rings. The Labute approximate surface area is 188 Å². The van der Waals surface area contributed by atoms with Gasteiger partial charge >= 0.3 is 0 Å². The van der Waals surface area contributed by atoms with E-state index in [1.54, 1.807) is 23.0 Å². The molecule has 5 rings (SSSR count). The number of carbonyl (C=O) groups excluding carboxylic acids is 1. The zero-order chi connectivity index (χ0) is 21.0. The van der Waals surface area contributed by atoms with E-state index in [1.165, 1.54) is 5.56 Å². The smallest absolute Gasteiger partial charge is 0.258 e. The molecule has 8 heteroatoms. The van der Waals surface area contributed by atoms with Crippen LogP contribution in [0.1, 0.15) is 24.1 Å². The van der Waals surface area contributed by atoms with E-state index in [1.807, 2.05) is 36.1 Å². The maximum Gasteiger partial charge on any atom is 0.258 e. The fraction of sp³-hybridized carbons (Fsp3) is 0.182. The van der Waals surface area contributed by atoms with Gasteiger partial charge in [0.05, 0.1) is 21.8 Å². The predicted octanol–water partition coefficient (Wildman–Crippen LogP) is 5.72. The van der Waals surface area contributed by atoms with Gasteiger partial charge in [0, 0.05) is 17.9 Å². The second-order valence-electron chi connectivity index (χ2n) is 7.36. The standard InChI is InChI=1S/C22H17Cl3N4O/c1-12-19(22(30)28-9-8-13-4-2-3-5-18(13)28)20(14-6-7-15(23)16(24)10-14)29-21(27-12)17(25)11-26-29/h2-7,10-11,20,27H,8-9H2,1H3. The molecule has 2 aromatic carbocycles. The first-order chi connectivity index (χ1) is 14.5. The van der Waals surface area contributed by atoms with Crippen molar-refractivity contribution < 1.29 is 4.79 Å². The van der Waals surface area contributed by atoms with Crippen LogP contribution in [0.2, 0.25) is 15.1 Å². The minimum atomic E-state index is -0.483. The van der Waals surface area contributed by atoms with Gasteiger partial charge in [0.2, 0.25) is 0 Å². The number of nitrogens with zero attached hydrogens (tertiary/aromatic N) is 3. The molecule has 3 heterocycles. The molecule has 1 aromatic heterocycles. The molecule has 30 heavy (non-hydrogen) atoms. The van der Waals surface area contributed by atoms with Crippen LogP contribution in [0.4, 0.5) is 11.5 Å². The molecule has 1 unspecified atom stereocenters. The van der Waals surface area contributed by atoms with Crippen LogP contribution in [0.25, 0.3) is 0 Å². The Kier molecular flexibility index (Phi) is 4.77. The Balaban J connectivity index is 1.65. The normalized spacial score (nSPS) is 17.6. The summed E-state index contributed by atoms with van der Waals surface area (Å²) in [5, 5.41) is 9.06. The Morgan fingerprint density at radius 1 is 1.10 bits per heavy atom. The number of hydrogen-bond donors (Lipinski definition) is 1. The third-order valence-corrected chi connectivity index (χ3v) is 6.62. The van der Waals surface area contributed by atoms with Crippen LogP contribution in [-0.4, -0.2) is 22.2 Å². The number of allylic oxidation sites excluding steroid dienone is 1. The van der Waals surface area contributed by atoms with Crippen molar-refractivity contribution in [3.05, 3.63) is 86.1 Å². The lowest BCUT2D eigenvalue weighted by atomic mass is 9.94. The molecule has 5 nitrogen and oxygen atoms in total. The fourth-order valence-corrected chi connectivity index (χ4v) is 4.67. The number of halogens is 3. The molecule has 0 saturated carbocycles. The van der Waals surface area contributed by atoms with E-state index in [4.69, 9.17) is 34.8 Å². The topological polar surface area (TPSA) is 50.2 Å². The molecule has 0 saturated heterocycles. The lowest BCUT2D eigenvalue weighted by Crippen LogP contribution is -2.37. The van der Waals surface area contributed by atoms with Crippen LogP contribution in [0, 0.1) is 0 Å². The molecular formula is C22H17Cl3N4O. The molecular weight excluding hydrogens is 443 g/mol. The molecule has 0 bridgehead atoms. The second-order valence-corrected chi connectivity index (χ2v) is 8.58. The van der Waals surface area contributed by atoms with Crippen LogP contribution >= 0.6 is 34.8 Å². The first-order valence-corrected chi connectivity index (χ1v) is 10.6. The molecule has 1 N–H and O–H groups in total. The SMILES string of the molecule is CC1=C(C(=O)N2CCc3ccccc32)C(c2ccc(Cl)c(Cl)c2)n2ncc(Cl)c2N1. The number of rotatable bonds is 2. The summed E-state index contributed by atoms with van der Waals surface area (Å²) in [7, 11) is 0. The van der Waals surface area contributed by atoms with Crippen LogP contribution in [0.5, 0.6) is 0 Å². The molecule has 0 spiro atoms. The molecule has 152 valence electrons. The molecule has 0 aliphatic carbocycles. The number of benzene rings is 2. The summed E-state index contributed by atoms with van der Waals surface area (Å²) in [4.78, 5) is 15.7. The summed E-state index contributed by atoms with van der Waals surface area (Å²) in [6, 6.07) is 12.9. The quantitative estimate of drug-likeness (QED) is 0.533. The average molecular weight is 460 g/mol. The second kappa shape index (κ2) is 7.34. The molecule has 2 aliphatic heterocycles. The summed E-state index contributed by atoms with van der Waals surface area (Å²) in [6.07, 6.45) is 2.40. The number of fused-ring (bicyclic) bond motifs is 2. The highest BCUT2D eigenvalue weighted by Gasteiger charge is 2.38. The van der Waals surface area contributed by atoms with Crippen molar-refractivity contribution in [1.29, 1.82) is 0 Å². The number of hydrogen-bond acceptors (Lipinski definition) is 3. The van der Waals surface area contributed by atoms with Crippen LogP contribution in [0.15, 0.2) is 59.9 Å². The Hall–Kier alpha value is -2.47. The van der Waals surface area contributed by atoms with Crippen LogP contribution in [0.3, 0.4) is 0 Å². The van der Waals surface area contributed by atoms with E-state index in [-0.39, 0.29) is 5.91 Å². The van der Waals surface area contributed by atoms with E-state index in [0.717, 1.165) is 23.4 Å². The minimum Gasteiger partial charge on any atom is -0.342 e. The van der Waals surface area contributed by atoms with Gasteiger partial charge in [-0.15, -0.1) is 0 Å². The molecule has 3 aromatic rings. The van der Waals surface area contributed by atoms with E-state index in [2.05, 4.69) is 16.5 Å². The number of anilines is 2. The summed E-state index contributed by atoms with van der Waals surface area (Å²) in [6.45, 7) is 2.52. The Morgan fingerprint density at radius 3 is 2.70 bits per heavy atom. The van der Waals surface area contributed by atoms with Crippen molar-refractivity contribution in [2.24, 2.45) is 0 Å². The van der Waals surface area contributed by atoms with E-state index in [0.29, 0.717) is 33.0 Å². The number of para-hydroxylation sites is 1. The number of carbonyl (C=O) groups is 1. The lowest BCUT2D eigenvalue weighted by Gasteiger charge is -2.32. The maximum atomic E-state index is 13.8. The molecule has 1 atom stereocenters. The zero-order valence-electron chi connectivity index (χ0n) is 16.0. The van der Waals surface area contributed by atoms with Gasteiger partial charge in [-0.2, -0.15) is 5.10 Å². The summed E-state index contributed by atoms with van der Waals surface area (Å²) in [5.41, 5.74) is 4.25. The summed E-state index contributed by atoms with van der Waals surface area (Å²) >= 11 is 18.8. The van der Waals surface area contributed by atoms with Crippen molar-refractivity contribution >= 4 is 52.2 Å². The third kappa shape index (κ3) is 3.00. The highest BCUT2D eigenvalue weighted by Crippen LogP contribution is 2.42. The molecule has 1 amide bonds. The zero-order valence-corrected chi connectivity index (χ0v) is 18.3. The van der Waals surface area contributed by atoms with Gasteiger partial charge in [-0.3, -0.25) is 4.79 Å². The van der Waals surface area contributed by atoms with Crippen LogP contribution in [-0.2, 0) is 11.2 Å². The number of nitrogens with one attached hydrogen (secondary N) is 1. The van der Waals surface area contributed by atoms with E-state index < -0.39 is 6.04 Å². The predicted molar refractivity (Wildman–Crippen MR) is 121 cm³/mol. The highest BCUT2D eigenvalue weighted by molar-refractivity contribution is 6.42. The first-order valence-electron chi connectivity index (χ1n) is 9.51. The van der Waals surface area contributed by atoms with Crippen molar-refractivity contribution in [3.63, 3.8) is 0 Å². The monoisotopic (exact) mass is 458 g/mol. The first kappa shape index (κ1) is 19.5. The van der Waals surface area contributed by atoms with E-state index >= 15 is 0 Å². The van der Waals surface area contributed by atoms with Gasteiger partial charge in [0.25, 0.3) is 5.91 Å². The van der Waals surface area contributed by atoms with Gasteiger partial charge in [-0.1, -0.05) is 59.1 Å². The largest absolute Gasteiger partial charge is 0.342 e. The third-order valence-electron chi connectivity index (χ3n) is 5.60. The van der Waals surface area contributed by atoms with Gasteiger partial charge in [-0.05, 0) is 42.7 Å². The van der Waals surface area contributed by atoms with Gasteiger partial charge in [0.15, 0.2) is 0 Å². The van der Waals surface area contributed by atoms with Crippen molar-refractivity contribution in [1.82, 2.24) is 9.78 Å². The lowest BCUT2D eigenvalue weighted by molar-refractivity contribution is -0.115. The van der Waals surface area contributed by atoms with E-state index in [9.17, 15) is 4.79 Å². The minimum absolute atomic E-state index is 0.0710. The Morgan fingerprint density at radius 2 is 1.90 bits per heavy atom. The average Bonchev–Trinajstić information content (AvgIpc) is 3.33. The fourth-order valence-electron chi connectivity index (χ4n) is 4.19. The molecule has 2 aliphatic rings. The number of aromatic nitrogens is 2. The van der Waals surface area contributed by atoms with Crippen molar-refractivity contribution in [2.45, 2.75) is 19.4 Å². The van der Waals surface area contributed by atoms with Gasteiger partial charge in [0.1, 0.15) is 16.9 Å². The van der Waals surface area contributed by atoms with Gasteiger partial charge in [-0.25, -0.2) is 4.68 Å². The van der Waals surface area contributed by atoms with Crippen molar-refractivity contribution in [2.75, 3.05) is 16.8 Å². The Bertz CT molecular complexity index is 1220. The summed E-state index contributed by atoms with van der Waals surface area (Å²) in [5.74, 6) is 0.571. The highest BCUT2D eigenvalue weighted by atomic mass is 35.5. The van der Waals surface area contributed by atoms with Gasteiger partial charge < -0.3 is 10.2 Å². The van der Waals surface area contributed by atoms with Crippen LogP contribution < -0.4 is 10.2 Å². The van der Waals surface area contributed by atoms with Crippen molar-refractivity contribution in [3.8, 4) is 0 Å². The molecule has 0 radical (unpaired) electrons. The summed E-state index contributed by atoms with van der Waals surface area (Å²) < 4.78 is 1.73.